The summed E-state index contributed by atoms with van der Waals surface area (Å²) in [5.41, 5.74) is 3.06. The van der Waals surface area contributed by atoms with Crippen LogP contribution in [0.5, 0.6) is 0 Å². The zero-order valence-electron chi connectivity index (χ0n) is 21.4. The molecule has 0 bridgehead atoms. The molecule has 7 nitrogen and oxygen atoms in total. The molecule has 1 saturated carbocycles. The summed E-state index contributed by atoms with van der Waals surface area (Å²) in [6.45, 7) is 1.15. The van der Waals surface area contributed by atoms with E-state index in [0.717, 1.165) is 25.7 Å². The van der Waals surface area contributed by atoms with E-state index in [1.54, 1.807) is 0 Å². The van der Waals surface area contributed by atoms with Gasteiger partial charge in [0.25, 0.3) is 0 Å². The highest BCUT2D eigenvalue weighted by atomic mass is 16.5. The summed E-state index contributed by atoms with van der Waals surface area (Å²) in [6, 6.07) is 19.9. The first kappa shape index (κ1) is 26.4. The maximum Gasteiger partial charge on any atom is 0.306 e. The van der Waals surface area contributed by atoms with Gasteiger partial charge in [-0.05, 0) is 67.7 Å². The summed E-state index contributed by atoms with van der Waals surface area (Å²) in [7, 11) is 1.35. The quantitative estimate of drug-likeness (QED) is 0.470. The minimum atomic E-state index is -0.363. The molecule has 0 unspecified atom stereocenters. The number of nitriles is 1. The third-order valence-corrected chi connectivity index (χ3v) is 7.77. The largest absolute Gasteiger partial charge is 0.469 e. The first-order valence-electron chi connectivity index (χ1n) is 13.2. The number of ether oxygens (including phenoxy) is 1. The fourth-order valence-electron chi connectivity index (χ4n) is 5.53. The maximum atomic E-state index is 13.1. The van der Waals surface area contributed by atoms with Crippen LogP contribution in [0.2, 0.25) is 0 Å². The topological polar surface area (TPSA) is 99.5 Å². The number of esters is 1. The fourth-order valence-corrected chi connectivity index (χ4v) is 5.53. The molecule has 1 saturated heterocycles. The van der Waals surface area contributed by atoms with Crippen LogP contribution in [0.4, 0.5) is 0 Å². The molecule has 0 aromatic heterocycles. The SMILES string of the molecule is COC(=O)C[C@@H]1C[C@@H](CCNC(=O)C2CC(c3ccc(C#N)cc3)C2)N(CCCc2ccccc2)C1=O. The highest BCUT2D eigenvalue weighted by molar-refractivity contribution is 5.86. The molecule has 194 valence electrons. The van der Waals surface area contributed by atoms with Crippen LogP contribution in [-0.2, 0) is 25.5 Å². The Labute approximate surface area is 218 Å². The van der Waals surface area contributed by atoms with Gasteiger partial charge in [0.2, 0.25) is 11.8 Å². The molecule has 4 rings (SSSR count). The number of nitrogens with zero attached hydrogens (tertiary/aromatic N) is 2. The molecule has 37 heavy (non-hydrogen) atoms. The van der Waals surface area contributed by atoms with E-state index in [0.29, 0.717) is 37.4 Å². The van der Waals surface area contributed by atoms with Gasteiger partial charge in [-0.1, -0.05) is 42.5 Å². The van der Waals surface area contributed by atoms with Gasteiger partial charge in [0.05, 0.1) is 31.1 Å². The van der Waals surface area contributed by atoms with Crippen LogP contribution in [0.15, 0.2) is 54.6 Å². The van der Waals surface area contributed by atoms with E-state index in [4.69, 9.17) is 10.00 Å². The number of nitrogens with one attached hydrogen (secondary N) is 1. The zero-order valence-corrected chi connectivity index (χ0v) is 21.4. The standard InChI is InChI=1S/C30H35N3O4/c1-37-28(34)19-26-18-27(33(30(26)36)15-5-8-21-6-3-2-4-7-21)13-14-32-29(35)25-16-24(17-25)23-11-9-22(20-31)10-12-23/h2-4,6-7,9-12,24-27H,5,8,13-19H2,1H3,(H,32,35)/t24?,25?,26-,27+/m0/s1. The number of amides is 2. The number of hydrogen-bond donors (Lipinski definition) is 1. The first-order chi connectivity index (χ1) is 18.0. The van der Waals surface area contributed by atoms with Crippen LogP contribution < -0.4 is 5.32 Å². The second kappa shape index (κ2) is 12.5. The monoisotopic (exact) mass is 501 g/mol. The van der Waals surface area contributed by atoms with E-state index in [9.17, 15) is 14.4 Å². The zero-order chi connectivity index (χ0) is 26.2. The van der Waals surface area contributed by atoms with Crippen molar-refractivity contribution in [3.8, 4) is 6.07 Å². The average molecular weight is 502 g/mol. The number of hydrogen-bond acceptors (Lipinski definition) is 5. The molecule has 2 fully saturated rings. The van der Waals surface area contributed by atoms with Gasteiger partial charge in [0.1, 0.15) is 0 Å². The van der Waals surface area contributed by atoms with Crippen molar-refractivity contribution in [2.45, 2.75) is 56.9 Å². The molecule has 2 amide bonds. The van der Waals surface area contributed by atoms with Gasteiger partial charge < -0.3 is 15.0 Å². The van der Waals surface area contributed by atoms with Crippen LogP contribution >= 0.6 is 0 Å². The van der Waals surface area contributed by atoms with Crippen molar-refractivity contribution in [2.24, 2.45) is 11.8 Å². The van der Waals surface area contributed by atoms with Crippen molar-refractivity contribution >= 4 is 17.8 Å². The van der Waals surface area contributed by atoms with Gasteiger partial charge in [-0.15, -0.1) is 0 Å². The minimum Gasteiger partial charge on any atom is -0.469 e. The predicted octanol–water partition coefficient (Wildman–Crippen LogP) is 3.97. The Morgan fingerprint density at radius 2 is 1.81 bits per heavy atom. The number of methoxy groups -OCH3 is 1. The molecular weight excluding hydrogens is 466 g/mol. The number of carbonyl (C=O) groups excluding carboxylic acids is 3. The third-order valence-electron chi connectivity index (χ3n) is 7.77. The summed E-state index contributed by atoms with van der Waals surface area (Å²) >= 11 is 0. The molecule has 1 aliphatic heterocycles. The second-order valence-electron chi connectivity index (χ2n) is 10.2. The summed E-state index contributed by atoms with van der Waals surface area (Å²) < 4.78 is 4.80. The van der Waals surface area contributed by atoms with Crippen molar-refractivity contribution in [1.29, 1.82) is 5.26 Å². The van der Waals surface area contributed by atoms with E-state index in [1.165, 1.54) is 18.2 Å². The van der Waals surface area contributed by atoms with E-state index in [2.05, 4.69) is 23.5 Å². The van der Waals surface area contributed by atoms with Crippen molar-refractivity contribution < 1.29 is 19.1 Å². The number of benzene rings is 2. The summed E-state index contributed by atoms with van der Waals surface area (Å²) in [4.78, 5) is 39.5. The van der Waals surface area contributed by atoms with Gasteiger partial charge >= 0.3 is 5.97 Å². The molecule has 0 radical (unpaired) electrons. The lowest BCUT2D eigenvalue weighted by molar-refractivity contribution is -0.144. The van der Waals surface area contributed by atoms with Gasteiger partial charge in [0, 0.05) is 25.0 Å². The van der Waals surface area contributed by atoms with Gasteiger partial charge in [0.15, 0.2) is 0 Å². The molecule has 2 atom stereocenters. The van der Waals surface area contributed by atoms with Crippen molar-refractivity contribution in [3.05, 3.63) is 71.3 Å². The molecule has 1 aliphatic carbocycles. The van der Waals surface area contributed by atoms with Gasteiger partial charge in [-0.3, -0.25) is 14.4 Å². The number of aryl methyl sites for hydroxylation is 1. The minimum absolute atomic E-state index is 0.0000910. The average Bonchev–Trinajstić information content (AvgIpc) is 3.18. The van der Waals surface area contributed by atoms with Crippen molar-refractivity contribution in [2.75, 3.05) is 20.2 Å². The normalized spacial score (nSPS) is 22.7. The van der Waals surface area contributed by atoms with Crippen molar-refractivity contribution in [1.82, 2.24) is 10.2 Å². The number of likely N-dealkylation sites (tertiary alicyclic amines) is 1. The molecule has 0 spiro atoms. The third kappa shape index (κ3) is 6.76. The van der Waals surface area contributed by atoms with Crippen LogP contribution in [0.25, 0.3) is 0 Å². The van der Waals surface area contributed by atoms with E-state index < -0.39 is 0 Å². The summed E-state index contributed by atoms with van der Waals surface area (Å²) in [5.74, 6) is -0.284. The van der Waals surface area contributed by atoms with Gasteiger partial charge in [-0.2, -0.15) is 5.26 Å². The molecular formula is C30H35N3O4. The first-order valence-corrected chi connectivity index (χ1v) is 13.2. The molecule has 1 N–H and O–H groups in total. The van der Waals surface area contributed by atoms with E-state index >= 15 is 0 Å². The molecule has 2 aromatic rings. The van der Waals surface area contributed by atoms with Crippen LogP contribution in [-0.4, -0.2) is 48.9 Å². The van der Waals surface area contributed by atoms with E-state index in [-0.39, 0.29) is 42.1 Å². The number of rotatable bonds is 11. The Balaban J connectivity index is 1.25. The lowest BCUT2D eigenvalue weighted by Crippen LogP contribution is -2.41. The summed E-state index contributed by atoms with van der Waals surface area (Å²) in [6.07, 6.45) is 4.75. The second-order valence-corrected chi connectivity index (χ2v) is 10.2. The fraction of sp³-hybridized carbons (Fsp3) is 0.467. The smallest absolute Gasteiger partial charge is 0.306 e. The Bertz CT molecular complexity index is 1120. The van der Waals surface area contributed by atoms with Crippen LogP contribution in [0, 0.1) is 23.2 Å². The molecule has 2 aromatic carbocycles. The lowest BCUT2D eigenvalue weighted by Gasteiger charge is -2.34. The predicted molar refractivity (Wildman–Crippen MR) is 139 cm³/mol. The number of carbonyl (C=O) groups is 3. The summed E-state index contributed by atoms with van der Waals surface area (Å²) in [5, 5.41) is 12.0. The Hall–Kier alpha value is -3.66. The lowest BCUT2D eigenvalue weighted by atomic mass is 9.71. The maximum absolute atomic E-state index is 13.1. The molecule has 1 heterocycles. The van der Waals surface area contributed by atoms with Gasteiger partial charge in [-0.25, -0.2) is 0 Å². The van der Waals surface area contributed by atoms with Crippen LogP contribution in [0.1, 0.15) is 61.1 Å². The highest BCUT2D eigenvalue weighted by Gasteiger charge is 2.40. The highest BCUT2D eigenvalue weighted by Crippen LogP contribution is 2.41. The Morgan fingerprint density at radius 1 is 1.08 bits per heavy atom. The van der Waals surface area contributed by atoms with E-state index in [1.807, 2.05) is 47.4 Å². The Morgan fingerprint density at radius 3 is 2.49 bits per heavy atom. The van der Waals surface area contributed by atoms with Crippen molar-refractivity contribution in [3.63, 3.8) is 0 Å². The molecule has 7 heteroatoms. The molecule has 2 aliphatic rings. The van der Waals surface area contributed by atoms with Crippen LogP contribution in [0.3, 0.4) is 0 Å². The Kier molecular flexibility index (Phi) is 8.95.